The molecule has 0 unspecified atom stereocenters. The van der Waals surface area contributed by atoms with Crippen LogP contribution in [0.5, 0.6) is 5.75 Å². The first-order valence-corrected chi connectivity index (χ1v) is 8.78. The molecule has 0 aliphatic carbocycles. The predicted octanol–water partition coefficient (Wildman–Crippen LogP) is 4.34. The molecule has 0 saturated carbocycles. The summed E-state index contributed by atoms with van der Waals surface area (Å²) < 4.78 is 42.1. The highest BCUT2D eigenvalue weighted by atomic mass is 79.9. The molecule has 2 aromatic carbocycles. The van der Waals surface area contributed by atoms with Gasteiger partial charge in [0.25, 0.3) is 0 Å². The van der Waals surface area contributed by atoms with Crippen LogP contribution < -0.4 is 10.1 Å². The van der Waals surface area contributed by atoms with Crippen molar-refractivity contribution in [3.05, 3.63) is 64.1 Å². The number of hydrogen-bond donors (Lipinski definition) is 1. The van der Waals surface area contributed by atoms with E-state index >= 15 is 0 Å². The van der Waals surface area contributed by atoms with Crippen molar-refractivity contribution in [2.45, 2.75) is 12.4 Å². The van der Waals surface area contributed by atoms with Gasteiger partial charge in [0.15, 0.2) is 0 Å². The second kappa shape index (κ2) is 7.76. The SMILES string of the molecule is FC(F)(F)Oc1ccc([C@@H](c2ccccc2Br)N2CCNCC2)cc1. The molecule has 3 rings (SSSR count). The highest BCUT2D eigenvalue weighted by Gasteiger charge is 2.31. The van der Waals surface area contributed by atoms with Gasteiger partial charge in [0.2, 0.25) is 0 Å². The van der Waals surface area contributed by atoms with E-state index in [2.05, 4.69) is 30.9 Å². The largest absolute Gasteiger partial charge is 0.573 e. The lowest BCUT2D eigenvalue weighted by atomic mass is 9.96. The molecular weight excluding hydrogens is 397 g/mol. The summed E-state index contributed by atoms with van der Waals surface area (Å²) in [5.74, 6) is -0.206. The second-order valence-electron chi connectivity index (χ2n) is 5.83. The van der Waals surface area contributed by atoms with E-state index < -0.39 is 6.36 Å². The van der Waals surface area contributed by atoms with Gasteiger partial charge in [0, 0.05) is 30.7 Å². The zero-order valence-corrected chi connectivity index (χ0v) is 15.0. The van der Waals surface area contributed by atoms with Gasteiger partial charge in [-0.2, -0.15) is 0 Å². The first-order valence-electron chi connectivity index (χ1n) is 7.99. The minimum Gasteiger partial charge on any atom is -0.406 e. The molecule has 1 saturated heterocycles. The van der Waals surface area contributed by atoms with E-state index in [1.807, 2.05) is 24.3 Å². The average Bonchev–Trinajstić information content (AvgIpc) is 2.58. The molecule has 1 aliphatic heterocycles. The molecule has 1 fully saturated rings. The standard InChI is InChI=1S/C18H18BrF3N2O/c19-16-4-2-1-3-15(16)17(24-11-9-23-10-12-24)13-5-7-14(8-6-13)25-18(20,21)22/h1-8,17,23H,9-12H2/t17-/m0/s1. The van der Waals surface area contributed by atoms with Crippen LogP contribution in [0.4, 0.5) is 13.2 Å². The van der Waals surface area contributed by atoms with Crippen LogP contribution in [0.3, 0.4) is 0 Å². The number of piperazine rings is 1. The zero-order valence-electron chi connectivity index (χ0n) is 13.4. The maximum atomic E-state index is 12.4. The van der Waals surface area contributed by atoms with Crippen molar-refractivity contribution in [1.29, 1.82) is 0 Å². The molecule has 1 aliphatic rings. The van der Waals surface area contributed by atoms with Gasteiger partial charge in [-0.05, 0) is 29.3 Å². The number of alkyl halides is 3. The summed E-state index contributed by atoms with van der Waals surface area (Å²) in [7, 11) is 0. The van der Waals surface area contributed by atoms with Crippen molar-refractivity contribution in [3.63, 3.8) is 0 Å². The van der Waals surface area contributed by atoms with Gasteiger partial charge in [-0.25, -0.2) is 0 Å². The first kappa shape index (κ1) is 18.2. The second-order valence-corrected chi connectivity index (χ2v) is 6.68. The van der Waals surface area contributed by atoms with Crippen LogP contribution in [0.1, 0.15) is 17.2 Å². The number of rotatable bonds is 4. The Morgan fingerprint density at radius 3 is 2.24 bits per heavy atom. The first-order chi connectivity index (χ1) is 11.9. The van der Waals surface area contributed by atoms with Crippen molar-refractivity contribution in [1.82, 2.24) is 10.2 Å². The number of ether oxygens (including phenoxy) is 1. The lowest BCUT2D eigenvalue weighted by Crippen LogP contribution is -2.45. The van der Waals surface area contributed by atoms with Crippen molar-refractivity contribution in [2.75, 3.05) is 26.2 Å². The van der Waals surface area contributed by atoms with Crippen LogP contribution in [-0.4, -0.2) is 37.4 Å². The van der Waals surface area contributed by atoms with Gasteiger partial charge in [-0.1, -0.05) is 46.3 Å². The fourth-order valence-corrected chi connectivity index (χ4v) is 3.58. The Bertz CT molecular complexity index is 700. The molecule has 1 N–H and O–H groups in total. The quantitative estimate of drug-likeness (QED) is 0.804. The van der Waals surface area contributed by atoms with E-state index in [0.29, 0.717) is 0 Å². The Hall–Kier alpha value is -1.57. The average molecular weight is 415 g/mol. The maximum absolute atomic E-state index is 12.4. The molecule has 0 radical (unpaired) electrons. The van der Waals surface area contributed by atoms with E-state index in [4.69, 9.17) is 0 Å². The lowest BCUT2D eigenvalue weighted by molar-refractivity contribution is -0.274. The van der Waals surface area contributed by atoms with Gasteiger partial charge >= 0.3 is 6.36 Å². The maximum Gasteiger partial charge on any atom is 0.573 e. The summed E-state index contributed by atoms with van der Waals surface area (Å²) in [5, 5.41) is 3.32. The summed E-state index contributed by atoms with van der Waals surface area (Å²) in [6, 6.07) is 14.0. The third-order valence-corrected chi connectivity index (χ3v) is 4.87. The van der Waals surface area contributed by atoms with Gasteiger partial charge in [-0.3, -0.25) is 4.90 Å². The number of halogens is 4. The summed E-state index contributed by atoms with van der Waals surface area (Å²) in [5.41, 5.74) is 2.03. The zero-order chi connectivity index (χ0) is 17.9. The lowest BCUT2D eigenvalue weighted by Gasteiger charge is -2.36. The number of hydrogen-bond acceptors (Lipinski definition) is 3. The smallest absolute Gasteiger partial charge is 0.406 e. The molecule has 0 bridgehead atoms. The van der Waals surface area contributed by atoms with E-state index in [9.17, 15) is 13.2 Å². The topological polar surface area (TPSA) is 24.5 Å². The summed E-state index contributed by atoms with van der Waals surface area (Å²) in [4.78, 5) is 2.33. The third kappa shape index (κ3) is 4.74. The Kier molecular flexibility index (Phi) is 5.66. The van der Waals surface area contributed by atoms with Crippen molar-refractivity contribution in [3.8, 4) is 5.75 Å². The fraction of sp³-hybridized carbons (Fsp3) is 0.333. The summed E-state index contributed by atoms with van der Waals surface area (Å²) in [6.07, 6.45) is -4.68. The molecule has 1 heterocycles. The highest BCUT2D eigenvalue weighted by molar-refractivity contribution is 9.10. The minimum absolute atomic E-state index is 0.0300. The molecule has 7 heteroatoms. The summed E-state index contributed by atoms with van der Waals surface area (Å²) >= 11 is 3.60. The van der Waals surface area contributed by atoms with Crippen LogP contribution in [0.2, 0.25) is 0 Å². The van der Waals surface area contributed by atoms with Crippen molar-refractivity contribution >= 4 is 15.9 Å². The van der Waals surface area contributed by atoms with Crippen LogP contribution in [0.25, 0.3) is 0 Å². The third-order valence-electron chi connectivity index (χ3n) is 4.15. The molecular formula is C18H18BrF3N2O. The molecule has 0 aromatic heterocycles. The number of nitrogens with one attached hydrogen (secondary N) is 1. The number of benzene rings is 2. The highest BCUT2D eigenvalue weighted by Crippen LogP contribution is 2.35. The van der Waals surface area contributed by atoms with Crippen LogP contribution >= 0.6 is 15.9 Å². The minimum atomic E-state index is -4.68. The molecule has 0 amide bonds. The molecule has 1 atom stereocenters. The van der Waals surface area contributed by atoms with Gasteiger partial charge in [0.1, 0.15) is 5.75 Å². The van der Waals surface area contributed by atoms with Crippen molar-refractivity contribution in [2.24, 2.45) is 0 Å². The molecule has 134 valence electrons. The van der Waals surface area contributed by atoms with Crippen LogP contribution in [0.15, 0.2) is 53.0 Å². The van der Waals surface area contributed by atoms with E-state index in [-0.39, 0.29) is 11.8 Å². The molecule has 2 aromatic rings. The van der Waals surface area contributed by atoms with E-state index in [1.54, 1.807) is 12.1 Å². The van der Waals surface area contributed by atoms with Crippen molar-refractivity contribution < 1.29 is 17.9 Å². The Morgan fingerprint density at radius 1 is 1.00 bits per heavy atom. The summed E-state index contributed by atoms with van der Waals surface area (Å²) in [6.45, 7) is 3.51. The monoisotopic (exact) mass is 414 g/mol. The van der Waals surface area contributed by atoms with E-state index in [1.165, 1.54) is 12.1 Å². The fourth-order valence-electron chi connectivity index (χ4n) is 3.08. The number of nitrogens with zero attached hydrogens (tertiary/aromatic N) is 1. The molecule has 25 heavy (non-hydrogen) atoms. The predicted molar refractivity (Wildman–Crippen MR) is 93.6 cm³/mol. The van der Waals surface area contributed by atoms with Crippen LogP contribution in [-0.2, 0) is 0 Å². The molecule has 0 spiro atoms. The van der Waals surface area contributed by atoms with Gasteiger partial charge in [-0.15, -0.1) is 13.2 Å². The Morgan fingerprint density at radius 2 is 1.64 bits per heavy atom. The van der Waals surface area contributed by atoms with Gasteiger partial charge in [0.05, 0.1) is 6.04 Å². The van der Waals surface area contributed by atoms with Gasteiger partial charge < -0.3 is 10.1 Å². The Labute approximate surface area is 152 Å². The molecule has 3 nitrogen and oxygen atoms in total. The normalized spacial score (nSPS) is 17.3. The van der Waals surface area contributed by atoms with Crippen LogP contribution in [0, 0.1) is 0 Å². The Balaban J connectivity index is 1.93. The van der Waals surface area contributed by atoms with E-state index in [0.717, 1.165) is 41.8 Å².